The van der Waals surface area contributed by atoms with Crippen LogP contribution in [0.2, 0.25) is 0 Å². The van der Waals surface area contributed by atoms with Crippen LogP contribution in [0.4, 0.5) is 0 Å². The number of aromatic nitrogens is 2. The van der Waals surface area contributed by atoms with Crippen LogP contribution in [0.25, 0.3) is 11.3 Å². The average Bonchev–Trinajstić information content (AvgIpc) is 3.22. The SMILES string of the molecule is COc1ccc(OC)c(-c2cc(C(=O)NCC#CCOc3ccccc3OC)n(C)n2)c1. The number of hydrogen-bond donors (Lipinski definition) is 1. The lowest BCUT2D eigenvalue weighted by molar-refractivity contribution is 0.0949. The molecule has 166 valence electrons. The summed E-state index contributed by atoms with van der Waals surface area (Å²) in [6.07, 6.45) is 0. The van der Waals surface area contributed by atoms with Crippen molar-refractivity contribution in [3.05, 3.63) is 54.2 Å². The van der Waals surface area contributed by atoms with E-state index < -0.39 is 0 Å². The van der Waals surface area contributed by atoms with E-state index in [0.29, 0.717) is 34.4 Å². The van der Waals surface area contributed by atoms with Crippen LogP contribution in [0, 0.1) is 11.8 Å². The van der Waals surface area contributed by atoms with Crippen LogP contribution in [0.15, 0.2) is 48.5 Å². The molecular weight excluding hydrogens is 410 g/mol. The highest BCUT2D eigenvalue weighted by Crippen LogP contribution is 2.33. The van der Waals surface area contributed by atoms with Gasteiger partial charge in [-0.05, 0) is 36.4 Å². The molecule has 0 radical (unpaired) electrons. The van der Waals surface area contributed by atoms with Gasteiger partial charge in [0.1, 0.15) is 23.8 Å². The zero-order valence-electron chi connectivity index (χ0n) is 18.5. The summed E-state index contributed by atoms with van der Waals surface area (Å²) in [7, 11) is 6.46. The Kier molecular flexibility index (Phi) is 7.60. The molecule has 1 heterocycles. The highest BCUT2D eigenvalue weighted by atomic mass is 16.5. The van der Waals surface area contributed by atoms with Crippen LogP contribution in [0.5, 0.6) is 23.0 Å². The number of methoxy groups -OCH3 is 3. The molecular formula is C24H25N3O5. The fraction of sp³-hybridized carbons (Fsp3) is 0.250. The number of rotatable bonds is 8. The Hall–Kier alpha value is -4.12. The Labute approximate surface area is 187 Å². The van der Waals surface area contributed by atoms with Crippen molar-refractivity contribution in [2.24, 2.45) is 7.05 Å². The molecule has 0 aliphatic rings. The normalized spacial score (nSPS) is 10.0. The zero-order valence-corrected chi connectivity index (χ0v) is 18.5. The van der Waals surface area contributed by atoms with E-state index in [9.17, 15) is 4.79 Å². The molecule has 0 spiro atoms. The lowest BCUT2D eigenvalue weighted by Gasteiger charge is -2.08. The summed E-state index contributed by atoms with van der Waals surface area (Å²) in [5.74, 6) is 8.02. The first kappa shape index (κ1) is 22.6. The second-order valence-corrected chi connectivity index (χ2v) is 6.58. The van der Waals surface area contributed by atoms with Crippen LogP contribution in [-0.2, 0) is 7.05 Å². The Morgan fingerprint density at radius 3 is 2.44 bits per heavy atom. The largest absolute Gasteiger partial charge is 0.497 e. The molecule has 32 heavy (non-hydrogen) atoms. The van der Waals surface area contributed by atoms with Gasteiger partial charge in [-0.15, -0.1) is 0 Å². The first-order valence-corrected chi connectivity index (χ1v) is 9.83. The van der Waals surface area contributed by atoms with Crippen molar-refractivity contribution in [3.8, 4) is 46.1 Å². The summed E-state index contributed by atoms with van der Waals surface area (Å²) in [5, 5.41) is 7.21. The molecule has 0 atom stereocenters. The predicted molar refractivity (Wildman–Crippen MR) is 120 cm³/mol. The lowest BCUT2D eigenvalue weighted by Crippen LogP contribution is -2.25. The lowest BCUT2D eigenvalue weighted by atomic mass is 10.1. The van der Waals surface area contributed by atoms with Crippen LogP contribution >= 0.6 is 0 Å². The molecule has 1 aromatic heterocycles. The molecule has 3 aromatic rings. The number of carbonyl (C=O) groups is 1. The number of hydrogen-bond acceptors (Lipinski definition) is 6. The van der Waals surface area contributed by atoms with Crippen LogP contribution < -0.4 is 24.3 Å². The van der Waals surface area contributed by atoms with E-state index in [1.165, 1.54) is 4.68 Å². The third-order valence-corrected chi connectivity index (χ3v) is 4.63. The first-order chi connectivity index (χ1) is 15.6. The Morgan fingerprint density at radius 1 is 0.969 bits per heavy atom. The molecule has 0 aliphatic carbocycles. The van der Waals surface area contributed by atoms with Gasteiger partial charge in [0, 0.05) is 12.6 Å². The highest BCUT2D eigenvalue weighted by molar-refractivity contribution is 5.94. The number of para-hydroxylation sites is 2. The monoisotopic (exact) mass is 435 g/mol. The minimum absolute atomic E-state index is 0.178. The summed E-state index contributed by atoms with van der Waals surface area (Å²) in [4.78, 5) is 12.6. The summed E-state index contributed by atoms with van der Waals surface area (Å²) in [5.41, 5.74) is 1.73. The smallest absolute Gasteiger partial charge is 0.270 e. The van der Waals surface area contributed by atoms with Gasteiger partial charge in [0.25, 0.3) is 5.91 Å². The number of ether oxygens (including phenoxy) is 4. The molecule has 0 unspecified atom stereocenters. The third-order valence-electron chi connectivity index (χ3n) is 4.63. The maximum absolute atomic E-state index is 12.6. The van der Waals surface area contributed by atoms with Crippen molar-refractivity contribution >= 4 is 5.91 Å². The van der Waals surface area contributed by atoms with Gasteiger partial charge in [-0.3, -0.25) is 9.48 Å². The van der Waals surface area contributed by atoms with Gasteiger partial charge in [-0.25, -0.2) is 0 Å². The van der Waals surface area contributed by atoms with Gasteiger partial charge < -0.3 is 24.3 Å². The minimum Gasteiger partial charge on any atom is -0.497 e. The molecule has 1 N–H and O–H groups in total. The molecule has 2 aromatic carbocycles. The quantitative estimate of drug-likeness (QED) is 0.548. The van der Waals surface area contributed by atoms with E-state index in [2.05, 4.69) is 22.3 Å². The van der Waals surface area contributed by atoms with E-state index in [1.54, 1.807) is 52.6 Å². The number of nitrogens with one attached hydrogen (secondary N) is 1. The number of benzene rings is 2. The second kappa shape index (κ2) is 10.8. The van der Waals surface area contributed by atoms with Crippen molar-refractivity contribution < 1.29 is 23.7 Å². The van der Waals surface area contributed by atoms with Gasteiger partial charge in [0.15, 0.2) is 11.5 Å². The summed E-state index contributed by atoms with van der Waals surface area (Å²) >= 11 is 0. The highest BCUT2D eigenvalue weighted by Gasteiger charge is 2.17. The fourth-order valence-electron chi connectivity index (χ4n) is 3.01. The molecule has 8 heteroatoms. The number of nitrogens with zero attached hydrogens (tertiary/aromatic N) is 2. The van der Waals surface area contributed by atoms with Gasteiger partial charge in [0.2, 0.25) is 0 Å². The molecule has 0 fully saturated rings. The summed E-state index contributed by atoms with van der Waals surface area (Å²) < 4.78 is 23.0. The van der Waals surface area contributed by atoms with Gasteiger partial charge in [-0.2, -0.15) is 5.10 Å². The maximum atomic E-state index is 12.6. The van der Waals surface area contributed by atoms with Crippen molar-refractivity contribution in [1.82, 2.24) is 15.1 Å². The number of aryl methyl sites for hydroxylation is 1. The van der Waals surface area contributed by atoms with E-state index in [1.807, 2.05) is 24.3 Å². The second-order valence-electron chi connectivity index (χ2n) is 6.58. The van der Waals surface area contributed by atoms with Gasteiger partial charge in [-0.1, -0.05) is 24.0 Å². The van der Waals surface area contributed by atoms with Crippen LogP contribution in [-0.4, -0.2) is 50.2 Å². The number of amides is 1. The molecule has 1 amide bonds. The van der Waals surface area contributed by atoms with Crippen LogP contribution in [0.1, 0.15) is 10.5 Å². The third kappa shape index (κ3) is 5.32. The van der Waals surface area contributed by atoms with Crippen molar-refractivity contribution in [1.29, 1.82) is 0 Å². The Bertz CT molecular complexity index is 1140. The topological polar surface area (TPSA) is 83.8 Å². The predicted octanol–water partition coefficient (Wildman–Crippen LogP) is 2.93. The van der Waals surface area contributed by atoms with E-state index in [4.69, 9.17) is 18.9 Å². The minimum atomic E-state index is -0.284. The molecule has 0 saturated carbocycles. The number of carbonyl (C=O) groups excluding carboxylic acids is 1. The molecule has 0 bridgehead atoms. The van der Waals surface area contributed by atoms with Crippen molar-refractivity contribution in [2.75, 3.05) is 34.5 Å². The van der Waals surface area contributed by atoms with E-state index >= 15 is 0 Å². The Morgan fingerprint density at radius 2 is 1.72 bits per heavy atom. The average molecular weight is 435 g/mol. The van der Waals surface area contributed by atoms with E-state index in [-0.39, 0.29) is 19.1 Å². The van der Waals surface area contributed by atoms with Gasteiger partial charge >= 0.3 is 0 Å². The fourth-order valence-corrected chi connectivity index (χ4v) is 3.01. The Balaban J connectivity index is 1.60. The zero-order chi connectivity index (χ0) is 22.9. The maximum Gasteiger partial charge on any atom is 0.270 e. The van der Waals surface area contributed by atoms with Crippen molar-refractivity contribution in [2.45, 2.75) is 0 Å². The van der Waals surface area contributed by atoms with E-state index in [0.717, 1.165) is 5.56 Å². The molecule has 0 aliphatic heterocycles. The van der Waals surface area contributed by atoms with Crippen molar-refractivity contribution in [3.63, 3.8) is 0 Å². The van der Waals surface area contributed by atoms with Gasteiger partial charge in [0.05, 0.1) is 33.6 Å². The summed E-state index contributed by atoms with van der Waals surface area (Å²) in [6, 6.07) is 14.4. The molecule has 0 saturated heterocycles. The standard InChI is InChI=1S/C24H25N3O5/c1-27-20(16-19(26-27)18-15-17(29-2)11-12-21(18)30-3)24(28)25-13-7-8-14-32-23-10-6-5-9-22(23)31-4/h5-6,9-12,15-16H,13-14H2,1-4H3,(H,25,28). The summed E-state index contributed by atoms with van der Waals surface area (Å²) in [6.45, 7) is 0.360. The molecule has 8 nitrogen and oxygen atoms in total. The molecule has 3 rings (SSSR count). The van der Waals surface area contributed by atoms with Crippen LogP contribution in [0.3, 0.4) is 0 Å². The first-order valence-electron chi connectivity index (χ1n) is 9.83.